The molecule has 1 aromatic carbocycles. The van der Waals surface area contributed by atoms with E-state index < -0.39 is 0 Å². The number of halogens is 1. The fraction of sp³-hybridized carbons (Fsp3) is 0.526. The molecule has 0 saturated heterocycles. The summed E-state index contributed by atoms with van der Waals surface area (Å²) in [5.41, 5.74) is 3.91. The third kappa shape index (κ3) is 2.99. The zero-order valence-corrected chi connectivity index (χ0v) is 14.3. The highest BCUT2D eigenvalue weighted by atomic mass is 35.5. The van der Waals surface area contributed by atoms with E-state index in [1.165, 1.54) is 62.0 Å². The molecule has 1 N–H and O–H groups in total. The summed E-state index contributed by atoms with van der Waals surface area (Å²) in [6.07, 6.45) is 10.3. The number of hydrogen-bond donors (Lipinski definition) is 1. The van der Waals surface area contributed by atoms with Gasteiger partial charge in [0.1, 0.15) is 5.82 Å². The minimum atomic E-state index is 0.644. The summed E-state index contributed by atoms with van der Waals surface area (Å²) >= 11 is 6.05. The van der Waals surface area contributed by atoms with Crippen molar-refractivity contribution in [2.45, 2.75) is 57.3 Å². The van der Waals surface area contributed by atoms with Crippen molar-refractivity contribution >= 4 is 17.4 Å². The van der Waals surface area contributed by atoms with Gasteiger partial charge in [-0.25, -0.2) is 4.68 Å². The van der Waals surface area contributed by atoms with Gasteiger partial charge in [-0.05, 0) is 56.4 Å². The van der Waals surface area contributed by atoms with Crippen LogP contribution >= 0.6 is 11.6 Å². The van der Waals surface area contributed by atoms with Crippen LogP contribution in [-0.2, 0) is 6.42 Å². The summed E-state index contributed by atoms with van der Waals surface area (Å²) < 4.78 is 2.11. The Hall–Kier alpha value is -1.48. The molecular weight excluding hydrogens is 306 g/mol. The predicted octanol–water partition coefficient (Wildman–Crippen LogP) is 5.32. The van der Waals surface area contributed by atoms with Gasteiger partial charge in [0.2, 0.25) is 0 Å². The second-order valence-corrected chi connectivity index (χ2v) is 7.26. The predicted molar refractivity (Wildman–Crippen MR) is 95.8 cm³/mol. The monoisotopic (exact) mass is 329 g/mol. The lowest BCUT2D eigenvalue weighted by Crippen LogP contribution is -2.08. The summed E-state index contributed by atoms with van der Waals surface area (Å²) in [5, 5.41) is 9.47. The SMILES string of the molecule is Clc1ccc(-n2nc(C3CCCCC3)c3c2NCCCC3)cc1. The van der Waals surface area contributed by atoms with E-state index in [1.807, 2.05) is 12.1 Å². The third-order valence-corrected chi connectivity index (χ3v) is 5.48. The molecule has 0 bridgehead atoms. The van der Waals surface area contributed by atoms with Gasteiger partial charge in [-0.3, -0.25) is 0 Å². The summed E-state index contributed by atoms with van der Waals surface area (Å²) in [4.78, 5) is 0. The van der Waals surface area contributed by atoms with Crippen molar-refractivity contribution in [3.63, 3.8) is 0 Å². The molecule has 0 radical (unpaired) electrons. The van der Waals surface area contributed by atoms with Crippen molar-refractivity contribution in [3.05, 3.63) is 40.5 Å². The molecule has 3 nitrogen and oxygen atoms in total. The first-order valence-corrected chi connectivity index (χ1v) is 9.32. The molecule has 0 atom stereocenters. The van der Waals surface area contributed by atoms with Gasteiger partial charge >= 0.3 is 0 Å². The van der Waals surface area contributed by atoms with Crippen LogP contribution in [0.15, 0.2) is 24.3 Å². The number of nitrogens with one attached hydrogen (secondary N) is 1. The van der Waals surface area contributed by atoms with Gasteiger partial charge in [0.25, 0.3) is 0 Å². The largest absolute Gasteiger partial charge is 0.370 e. The second kappa shape index (κ2) is 6.56. The van der Waals surface area contributed by atoms with Crippen LogP contribution in [-0.4, -0.2) is 16.3 Å². The van der Waals surface area contributed by atoms with Crippen LogP contribution in [0.3, 0.4) is 0 Å². The van der Waals surface area contributed by atoms with Crippen molar-refractivity contribution in [2.75, 3.05) is 11.9 Å². The summed E-state index contributed by atoms with van der Waals surface area (Å²) in [6, 6.07) is 8.02. The lowest BCUT2D eigenvalue weighted by Gasteiger charge is -2.20. The molecule has 2 heterocycles. The number of fused-ring (bicyclic) bond motifs is 1. The smallest absolute Gasteiger partial charge is 0.133 e. The first-order valence-electron chi connectivity index (χ1n) is 8.94. The molecule has 0 spiro atoms. The Bertz CT molecular complexity index is 669. The number of aromatic nitrogens is 2. The van der Waals surface area contributed by atoms with Crippen LogP contribution in [0.1, 0.15) is 62.1 Å². The molecule has 1 aromatic heterocycles. The van der Waals surface area contributed by atoms with Crippen LogP contribution < -0.4 is 5.32 Å². The van der Waals surface area contributed by atoms with Gasteiger partial charge in [-0.1, -0.05) is 30.9 Å². The zero-order chi connectivity index (χ0) is 15.6. The average molecular weight is 330 g/mol. The van der Waals surface area contributed by atoms with Crippen LogP contribution in [0.2, 0.25) is 5.02 Å². The molecular formula is C19H24ClN3. The summed E-state index contributed by atoms with van der Waals surface area (Å²) in [6.45, 7) is 1.04. The molecule has 23 heavy (non-hydrogen) atoms. The van der Waals surface area contributed by atoms with Crippen molar-refractivity contribution in [1.82, 2.24) is 9.78 Å². The minimum absolute atomic E-state index is 0.644. The minimum Gasteiger partial charge on any atom is -0.370 e. The average Bonchev–Trinajstić information content (AvgIpc) is 2.78. The number of hydrogen-bond acceptors (Lipinski definition) is 2. The fourth-order valence-electron chi connectivity index (χ4n) is 4.00. The van der Waals surface area contributed by atoms with Crippen molar-refractivity contribution in [2.24, 2.45) is 0 Å². The van der Waals surface area contributed by atoms with Crippen LogP contribution in [0.4, 0.5) is 5.82 Å². The Morgan fingerprint density at radius 3 is 2.57 bits per heavy atom. The Kier molecular flexibility index (Phi) is 4.30. The van der Waals surface area contributed by atoms with Gasteiger partial charge in [-0.15, -0.1) is 0 Å². The van der Waals surface area contributed by atoms with E-state index in [0.717, 1.165) is 23.7 Å². The molecule has 2 aliphatic rings. The number of anilines is 1. The third-order valence-electron chi connectivity index (χ3n) is 5.22. The number of rotatable bonds is 2. The summed E-state index contributed by atoms with van der Waals surface area (Å²) in [7, 11) is 0. The topological polar surface area (TPSA) is 29.9 Å². The van der Waals surface area contributed by atoms with E-state index in [-0.39, 0.29) is 0 Å². The van der Waals surface area contributed by atoms with Crippen LogP contribution in [0.25, 0.3) is 5.69 Å². The Balaban J connectivity index is 1.79. The van der Waals surface area contributed by atoms with E-state index in [2.05, 4.69) is 22.1 Å². The number of benzene rings is 1. The highest BCUT2D eigenvalue weighted by Gasteiger charge is 2.27. The number of nitrogens with zero attached hydrogens (tertiary/aromatic N) is 2. The molecule has 1 aliphatic carbocycles. The first kappa shape index (κ1) is 15.1. The van der Waals surface area contributed by atoms with E-state index in [0.29, 0.717) is 5.92 Å². The van der Waals surface area contributed by atoms with Crippen molar-refractivity contribution in [1.29, 1.82) is 0 Å². The van der Waals surface area contributed by atoms with E-state index in [9.17, 15) is 0 Å². The highest BCUT2D eigenvalue weighted by molar-refractivity contribution is 6.30. The van der Waals surface area contributed by atoms with Gasteiger partial charge in [0.05, 0.1) is 11.4 Å². The van der Waals surface area contributed by atoms with E-state index in [4.69, 9.17) is 16.7 Å². The highest BCUT2D eigenvalue weighted by Crippen LogP contribution is 2.38. The molecule has 4 heteroatoms. The molecule has 1 aliphatic heterocycles. The van der Waals surface area contributed by atoms with Gasteiger partial charge < -0.3 is 5.32 Å². The first-order chi connectivity index (χ1) is 11.3. The Morgan fingerprint density at radius 2 is 1.78 bits per heavy atom. The second-order valence-electron chi connectivity index (χ2n) is 6.82. The van der Waals surface area contributed by atoms with Crippen molar-refractivity contribution in [3.8, 4) is 5.69 Å². The van der Waals surface area contributed by atoms with E-state index >= 15 is 0 Å². The molecule has 1 fully saturated rings. The maximum atomic E-state index is 6.05. The molecule has 2 aromatic rings. The Morgan fingerprint density at radius 1 is 1.00 bits per heavy atom. The van der Waals surface area contributed by atoms with Crippen molar-refractivity contribution < 1.29 is 0 Å². The molecule has 122 valence electrons. The fourth-order valence-corrected chi connectivity index (χ4v) is 4.13. The maximum absolute atomic E-state index is 6.05. The van der Waals surface area contributed by atoms with Gasteiger partial charge in [-0.2, -0.15) is 5.10 Å². The maximum Gasteiger partial charge on any atom is 0.133 e. The molecule has 0 unspecified atom stereocenters. The van der Waals surface area contributed by atoms with Crippen LogP contribution in [0, 0.1) is 0 Å². The quantitative estimate of drug-likeness (QED) is 0.807. The normalized spacial score (nSPS) is 19.0. The summed E-state index contributed by atoms with van der Waals surface area (Å²) in [5.74, 6) is 1.86. The standard InChI is InChI=1S/C19H24ClN3/c20-15-9-11-16(12-10-15)23-19-17(8-4-5-13-21-19)18(22-23)14-6-2-1-3-7-14/h9-12,14,21H,1-8,13H2. The van der Waals surface area contributed by atoms with Gasteiger partial charge in [0.15, 0.2) is 0 Å². The van der Waals surface area contributed by atoms with E-state index in [1.54, 1.807) is 0 Å². The molecule has 4 rings (SSSR count). The zero-order valence-electron chi connectivity index (χ0n) is 13.5. The lowest BCUT2D eigenvalue weighted by atomic mass is 9.85. The lowest BCUT2D eigenvalue weighted by molar-refractivity contribution is 0.432. The Labute approximate surface area is 143 Å². The van der Waals surface area contributed by atoms with Crippen LogP contribution in [0.5, 0.6) is 0 Å². The molecule has 0 amide bonds. The molecule has 1 saturated carbocycles. The van der Waals surface area contributed by atoms with Gasteiger partial charge in [0, 0.05) is 23.0 Å².